The summed E-state index contributed by atoms with van der Waals surface area (Å²) in [6.07, 6.45) is 5.36. The van der Waals surface area contributed by atoms with E-state index in [9.17, 15) is 19.2 Å². The number of carbonyl (C=O) groups is 4. The molecule has 1 aliphatic heterocycles. The summed E-state index contributed by atoms with van der Waals surface area (Å²) in [6, 6.07) is 7.57. The second kappa shape index (κ2) is 11.1. The molecule has 3 aromatic rings. The number of aryl methyl sites for hydroxylation is 2. The Hall–Kier alpha value is -4.18. The Morgan fingerprint density at radius 3 is 2.48 bits per heavy atom. The summed E-state index contributed by atoms with van der Waals surface area (Å²) in [4.78, 5) is 54.2. The number of amides is 4. The highest BCUT2D eigenvalue weighted by atomic mass is 32.1. The zero-order valence-electron chi connectivity index (χ0n) is 23.0. The number of aromatic nitrogens is 1. The number of thiophene rings is 1. The second-order valence-electron chi connectivity index (χ2n) is 9.66. The third-order valence-corrected chi connectivity index (χ3v) is 8.39. The van der Waals surface area contributed by atoms with Crippen LogP contribution in [0, 0.1) is 13.8 Å². The molecular weight excluding hydrogens is 530 g/mol. The molecular formula is C30H31N3O6S. The van der Waals surface area contributed by atoms with E-state index in [4.69, 9.17) is 9.47 Å². The van der Waals surface area contributed by atoms with Gasteiger partial charge in [-0.25, -0.2) is 14.5 Å². The first-order valence-electron chi connectivity index (χ1n) is 13.4. The van der Waals surface area contributed by atoms with Gasteiger partial charge in [-0.15, -0.1) is 11.3 Å². The number of anilines is 1. The van der Waals surface area contributed by atoms with Crippen LogP contribution in [0.25, 0.3) is 11.1 Å². The van der Waals surface area contributed by atoms with E-state index in [1.165, 1.54) is 11.0 Å². The monoisotopic (exact) mass is 561 g/mol. The van der Waals surface area contributed by atoms with Crippen molar-refractivity contribution in [1.29, 1.82) is 0 Å². The van der Waals surface area contributed by atoms with Gasteiger partial charge >= 0.3 is 12.0 Å². The van der Waals surface area contributed by atoms with E-state index < -0.39 is 17.8 Å². The van der Waals surface area contributed by atoms with Crippen molar-refractivity contribution < 1.29 is 28.7 Å². The lowest BCUT2D eigenvalue weighted by Crippen LogP contribution is -2.54. The Labute approximate surface area is 236 Å². The highest BCUT2D eigenvalue weighted by molar-refractivity contribution is 7.15. The van der Waals surface area contributed by atoms with Crippen LogP contribution < -0.4 is 15.0 Å². The lowest BCUT2D eigenvalue weighted by Gasteiger charge is -2.26. The molecule has 0 spiro atoms. The van der Waals surface area contributed by atoms with Gasteiger partial charge < -0.3 is 14.0 Å². The fourth-order valence-corrected chi connectivity index (χ4v) is 6.76. The molecule has 0 atom stereocenters. The van der Waals surface area contributed by atoms with Crippen LogP contribution in [0.1, 0.15) is 64.4 Å². The number of nitrogens with zero attached hydrogens (tertiary/aromatic N) is 2. The standard InChI is InChI=1S/C30H31N3O6S/c1-5-38-21-13-11-20(12-14-21)33-27(35)23(26(34)31-30(33)37)16-19-15-17(3)32(18(19)4)28-25(29(36)39-6-2)22-9-7-8-10-24(22)40-28/h11-16H,5-10H2,1-4H3,(H,31,34,37)/b23-16-. The molecule has 1 fully saturated rings. The molecule has 0 bridgehead atoms. The average molecular weight is 562 g/mol. The van der Waals surface area contributed by atoms with Gasteiger partial charge in [0.05, 0.1) is 24.5 Å². The zero-order valence-corrected chi connectivity index (χ0v) is 23.8. The van der Waals surface area contributed by atoms with E-state index in [1.54, 1.807) is 42.5 Å². The third-order valence-electron chi connectivity index (χ3n) is 7.11. The number of ether oxygens (including phenoxy) is 2. The van der Waals surface area contributed by atoms with Crippen LogP contribution >= 0.6 is 11.3 Å². The van der Waals surface area contributed by atoms with Gasteiger partial charge in [-0.05, 0) is 101 Å². The zero-order chi connectivity index (χ0) is 28.6. The number of fused-ring (bicyclic) bond motifs is 1. The van der Waals surface area contributed by atoms with E-state index in [0.29, 0.717) is 29.2 Å². The third kappa shape index (κ3) is 4.83. The number of carbonyl (C=O) groups excluding carboxylic acids is 4. The Morgan fingerprint density at radius 2 is 1.77 bits per heavy atom. The van der Waals surface area contributed by atoms with Crippen LogP contribution in [0.5, 0.6) is 5.75 Å². The van der Waals surface area contributed by atoms with Crippen molar-refractivity contribution in [3.05, 3.63) is 68.9 Å². The Morgan fingerprint density at radius 1 is 1.05 bits per heavy atom. The summed E-state index contributed by atoms with van der Waals surface area (Å²) in [5, 5.41) is 3.06. The molecule has 5 rings (SSSR count). The quantitative estimate of drug-likeness (QED) is 0.239. The molecule has 9 nitrogen and oxygen atoms in total. The van der Waals surface area contributed by atoms with Crippen molar-refractivity contribution in [2.24, 2.45) is 0 Å². The summed E-state index contributed by atoms with van der Waals surface area (Å²) in [7, 11) is 0. The maximum absolute atomic E-state index is 13.5. The minimum atomic E-state index is -0.815. The SMILES string of the molecule is CCOC(=O)c1c(-n2c(C)cc(/C=C3/C(=O)NC(=O)N(c4ccc(OCC)cc4)C3=O)c2C)sc2c1CCCC2. The van der Waals surface area contributed by atoms with Gasteiger partial charge in [0.15, 0.2) is 0 Å². The Balaban J connectivity index is 1.55. The molecule has 10 heteroatoms. The fraction of sp³-hybridized carbons (Fsp3) is 0.333. The van der Waals surface area contributed by atoms with Crippen LogP contribution in [0.15, 0.2) is 35.9 Å². The van der Waals surface area contributed by atoms with Crippen LogP contribution in [0.2, 0.25) is 0 Å². The maximum atomic E-state index is 13.5. The van der Waals surface area contributed by atoms with Gasteiger partial charge in [-0.1, -0.05) is 0 Å². The highest BCUT2D eigenvalue weighted by Gasteiger charge is 2.37. The number of barbiturate groups is 1. The van der Waals surface area contributed by atoms with Gasteiger partial charge in [0.1, 0.15) is 16.3 Å². The van der Waals surface area contributed by atoms with Crippen molar-refractivity contribution in [3.63, 3.8) is 0 Å². The van der Waals surface area contributed by atoms with E-state index in [2.05, 4.69) is 5.32 Å². The number of urea groups is 1. The lowest BCUT2D eigenvalue weighted by atomic mass is 9.95. The van der Waals surface area contributed by atoms with Gasteiger partial charge in [-0.3, -0.25) is 14.9 Å². The largest absolute Gasteiger partial charge is 0.494 e. The summed E-state index contributed by atoms with van der Waals surface area (Å²) < 4.78 is 12.9. The van der Waals surface area contributed by atoms with E-state index >= 15 is 0 Å². The number of esters is 1. The summed E-state index contributed by atoms with van der Waals surface area (Å²) in [5.41, 5.74) is 4.06. The molecule has 1 aliphatic carbocycles. The van der Waals surface area contributed by atoms with Gasteiger partial charge in [0.2, 0.25) is 0 Å². The smallest absolute Gasteiger partial charge is 0.341 e. The molecule has 208 valence electrons. The second-order valence-corrected chi connectivity index (χ2v) is 10.7. The van der Waals surface area contributed by atoms with Crippen LogP contribution in [-0.2, 0) is 27.2 Å². The topological polar surface area (TPSA) is 107 Å². The summed E-state index contributed by atoms with van der Waals surface area (Å²) >= 11 is 1.59. The maximum Gasteiger partial charge on any atom is 0.341 e. The van der Waals surface area contributed by atoms with Crippen molar-refractivity contribution >= 4 is 46.9 Å². The molecule has 0 saturated carbocycles. The Bertz CT molecular complexity index is 1550. The van der Waals surface area contributed by atoms with Crippen LogP contribution in [0.3, 0.4) is 0 Å². The number of imide groups is 2. The number of rotatable bonds is 7. The number of nitrogens with one attached hydrogen (secondary N) is 1. The minimum Gasteiger partial charge on any atom is -0.494 e. The number of hydrogen-bond donors (Lipinski definition) is 1. The first kappa shape index (κ1) is 27.4. The fourth-order valence-electron chi connectivity index (χ4n) is 5.27. The van der Waals surface area contributed by atoms with Crippen molar-refractivity contribution in [1.82, 2.24) is 9.88 Å². The van der Waals surface area contributed by atoms with Gasteiger partial charge in [0, 0.05) is 16.3 Å². The van der Waals surface area contributed by atoms with E-state index in [0.717, 1.165) is 52.5 Å². The first-order valence-corrected chi connectivity index (χ1v) is 14.2. The van der Waals surface area contributed by atoms with E-state index in [1.807, 2.05) is 31.4 Å². The van der Waals surface area contributed by atoms with Crippen LogP contribution in [-0.4, -0.2) is 41.6 Å². The predicted molar refractivity (Wildman–Crippen MR) is 152 cm³/mol. The Kier molecular flexibility index (Phi) is 7.62. The molecule has 3 heterocycles. The predicted octanol–water partition coefficient (Wildman–Crippen LogP) is 5.28. The molecule has 4 amide bonds. The van der Waals surface area contributed by atoms with Crippen molar-refractivity contribution in [2.45, 2.75) is 53.4 Å². The van der Waals surface area contributed by atoms with Crippen molar-refractivity contribution in [3.8, 4) is 10.8 Å². The van der Waals surface area contributed by atoms with E-state index in [-0.39, 0.29) is 18.1 Å². The lowest BCUT2D eigenvalue weighted by molar-refractivity contribution is -0.122. The molecule has 1 N–H and O–H groups in total. The molecule has 1 aromatic carbocycles. The first-order chi connectivity index (χ1) is 19.2. The molecule has 2 aliphatic rings. The van der Waals surface area contributed by atoms with Gasteiger partial charge in [0.25, 0.3) is 11.8 Å². The summed E-state index contributed by atoms with van der Waals surface area (Å²) in [6.45, 7) is 8.22. The molecule has 0 radical (unpaired) electrons. The molecule has 1 saturated heterocycles. The van der Waals surface area contributed by atoms with Crippen LogP contribution in [0.4, 0.5) is 10.5 Å². The van der Waals surface area contributed by atoms with Gasteiger partial charge in [-0.2, -0.15) is 0 Å². The molecule has 40 heavy (non-hydrogen) atoms. The average Bonchev–Trinajstić information content (AvgIpc) is 3.43. The summed E-state index contributed by atoms with van der Waals surface area (Å²) in [5.74, 6) is -1.22. The van der Waals surface area contributed by atoms with Crippen molar-refractivity contribution in [2.75, 3.05) is 18.1 Å². The molecule has 0 unspecified atom stereocenters. The molecule has 2 aromatic heterocycles. The number of hydrogen-bond acceptors (Lipinski definition) is 7. The highest BCUT2D eigenvalue weighted by Crippen LogP contribution is 2.39. The number of benzene rings is 1. The minimum absolute atomic E-state index is 0.162. The normalized spacial score (nSPS) is 16.2.